The Labute approximate surface area is 138 Å². The van der Waals surface area contributed by atoms with Crippen LogP contribution in [-0.4, -0.2) is 15.5 Å². The first-order valence-electron chi connectivity index (χ1n) is 8.40. The summed E-state index contributed by atoms with van der Waals surface area (Å²) in [6.07, 6.45) is 6.33. The van der Waals surface area contributed by atoms with E-state index in [1.165, 1.54) is 0 Å². The minimum absolute atomic E-state index is 0.281. The third-order valence-electron chi connectivity index (χ3n) is 7.98. The van der Waals surface area contributed by atoms with Gasteiger partial charge in [0.05, 0.1) is 3.42 Å². The Kier molecular flexibility index (Phi) is 2.96. The smallest absolute Gasteiger partial charge is 0.239 e. The molecule has 0 amide bonds. The molecule has 0 aromatic rings. The zero-order valence-corrected chi connectivity index (χ0v) is 14.8. The van der Waals surface area contributed by atoms with Gasteiger partial charge in [0.15, 0.2) is 6.17 Å². The van der Waals surface area contributed by atoms with Crippen LogP contribution < -0.4 is 0 Å². The lowest BCUT2D eigenvalue weighted by Crippen LogP contribution is -2.70. The van der Waals surface area contributed by atoms with Crippen molar-refractivity contribution in [2.24, 2.45) is 16.2 Å². The molecule has 21 heavy (non-hydrogen) atoms. The molecule has 120 valence electrons. The zero-order valence-electron chi connectivity index (χ0n) is 12.7. The van der Waals surface area contributed by atoms with E-state index in [0.717, 1.165) is 38.5 Å². The van der Waals surface area contributed by atoms with Gasteiger partial charge >= 0.3 is 0 Å². The van der Waals surface area contributed by atoms with Crippen molar-refractivity contribution < 1.29 is 13.2 Å². The summed E-state index contributed by atoms with van der Waals surface area (Å²) >= 11 is 1.99. The number of halogens is 4. The fourth-order valence-electron chi connectivity index (χ4n) is 6.22. The van der Waals surface area contributed by atoms with E-state index in [1.807, 2.05) is 22.6 Å². The Hall–Kier alpha value is 0.520. The van der Waals surface area contributed by atoms with Gasteiger partial charge in [-0.3, -0.25) is 0 Å². The predicted molar refractivity (Wildman–Crippen MR) is 85.7 cm³/mol. The van der Waals surface area contributed by atoms with E-state index in [9.17, 15) is 4.39 Å². The molecule has 1 atom stereocenters. The van der Waals surface area contributed by atoms with Crippen molar-refractivity contribution >= 4 is 22.6 Å². The second kappa shape index (κ2) is 4.13. The summed E-state index contributed by atoms with van der Waals surface area (Å²) in [6.45, 7) is 2.31. The zero-order chi connectivity index (χ0) is 15.1. The van der Waals surface area contributed by atoms with Gasteiger partial charge in [0.1, 0.15) is 0 Å². The maximum Gasteiger partial charge on any atom is 0.286 e. The standard InChI is InChI=1S/C17H24F3I/c1-13-2-5-14(6-3-13,7-4-13)16-10-8-15(21,9-11-16)12(18)17(16,19)20/h12H,2-11H2,1H3. The minimum atomic E-state index is -3.13. The molecule has 0 heterocycles. The Morgan fingerprint density at radius 3 is 1.76 bits per heavy atom. The quantitative estimate of drug-likeness (QED) is 0.362. The fraction of sp³-hybridized carbons (Fsp3) is 1.00. The number of hydrogen-bond acceptors (Lipinski definition) is 0. The van der Waals surface area contributed by atoms with Crippen molar-refractivity contribution in [1.29, 1.82) is 0 Å². The van der Waals surface area contributed by atoms with Crippen molar-refractivity contribution in [3.63, 3.8) is 0 Å². The van der Waals surface area contributed by atoms with Gasteiger partial charge in [0.2, 0.25) is 0 Å². The highest BCUT2D eigenvalue weighted by molar-refractivity contribution is 14.1. The fourth-order valence-corrected chi connectivity index (χ4v) is 7.15. The molecule has 0 saturated heterocycles. The lowest BCUT2D eigenvalue weighted by atomic mass is 9.39. The van der Waals surface area contributed by atoms with Gasteiger partial charge in [-0.15, -0.1) is 0 Å². The third kappa shape index (κ3) is 1.64. The lowest BCUT2D eigenvalue weighted by molar-refractivity contribution is -0.291. The van der Waals surface area contributed by atoms with E-state index in [0.29, 0.717) is 31.1 Å². The molecule has 0 nitrogen and oxygen atoms in total. The largest absolute Gasteiger partial charge is 0.286 e. The van der Waals surface area contributed by atoms with Crippen molar-refractivity contribution in [2.45, 2.75) is 86.6 Å². The molecule has 6 saturated carbocycles. The molecular weight excluding hydrogens is 388 g/mol. The van der Waals surface area contributed by atoms with Gasteiger partial charge in [-0.05, 0) is 75.0 Å². The van der Waals surface area contributed by atoms with Gasteiger partial charge < -0.3 is 0 Å². The van der Waals surface area contributed by atoms with Gasteiger partial charge in [0.25, 0.3) is 5.92 Å². The van der Waals surface area contributed by atoms with Gasteiger partial charge in [-0.2, -0.15) is 0 Å². The topological polar surface area (TPSA) is 0 Å². The summed E-state index contributed by atoms with van der Waals surface area (Å²) in [5, 5.41) is 0. The number of fused-ring (bicyclic) bond motifs is 6. The third-order valence-corrected chi connectivity index (χ3v) is 9.61. The molecule has 6 aliphatic carbocycles. The van der Waals surface area contributed by atoms with Gasteiger partial charge in [-0.1, -0.05) is 29.5 Å². The molecule has 0 aliphatic heterocycles. The highest BCUT2D eigenvalue weighted by Gasteiger charge is 2.77. The van der Waals surface area contributed by atoms with Crippen molar-refractivity contribution in [1.82, 2.24) is 0 Å². The average molecular weight is 412 g/mol. The molecule has 1 unspecified atom stereocenters. The second-order valence-corrected chi connectivity index (χ2v) is 10.8. The van der Waals surface area contributed by atoms with Crippen LogP contribution in [0.3, 0.4) is 0 Å². The SMILES string of the molecule is CC12CCC(C34CCC(I)(CC3)C(F)C4(F)F)(CC1)CC2. The summed E-state index contributed by atoms with van der Waals surface area (Å²) in [5.74, 6) is -3.13. The Balaban J connectivity index is 1.77. The Morgan fingerprint density at radius 1 is 0.810 bits per heavy atom. The first-order chi connectivity index (χ1) is 9.69. The summed E-state index contributed by atoms with van der Waals surface area (Å²) < 4.78 is 44.2. The summed E-state index contributed by atoms with van der Waals surface area (Å²) in [5.41, 5.74) is -0.954. The monoisotopic (exact) mass is 412 g/mol. The lowest BCUT2D eigenvalue weighted by Gasteiger charge is -2.68. The maximum absolute atomic E-state index is 15.1. The second-order valence-electron chi connectivity index (χ2n) is 8.69. The van der Waals surface area contributed by atoms with Crippen LogP contribution in [0.4, 0.5) is 13.2 Å². The first-order valence-corrected chi connectivity index (χ1v) is 9.48. The molecule has 0 aromatic carbocycles. The predicted octanol–water partition coefficient (Wildman–Crippen LogP) is 6.07. The van der Waals surface area contributed by atoms with Crippen LogP contribution in [0, 0.1) is 16.2 Å². The molecule has 4 heteroatoms. The van der Waals surface area contributed by atoms with E-state index in [1.54, 1.807) is 0 Å². The molecule has 0 aromatic heterocycles. The number of hydrogen-bond donors (Lipinski definition) is 0. The van der Waals surface area contributed by atoms with Crippen LogP contribution >= 0.6 is 22.6 Å². The Bertz CT molecular complexity index is 440. The summed E-state index contributed by atoms with van der Waals surface area (Å²) in [4.78, 5) is 0. The Morgan fingerprint density at radius 2 is 1.29 bits per heavy atom. The van der Waals surface area contributed by atoms with Gasteiger partial charge in [-0.25, -0.2) is 13.2 Å². The highest BCUT2D eigenvalue weighted by atomic mass is 127. The number of rotatable bonds is 1. The van der Waals surface area contributed by atoms with Crippen molar-refractivity contribution in [3.05, 3.63) is 0 Å². The van der Waals surface area contributed by atoms with E-state index < -0.39 is 20.9 Å². The van der Waals surface area contributed by atoms with Crippen molar-refractivity contribution in [3.8, 4) is 0 Å². The molecule has 6 aliphatic rings. The highest BCUT2D eigenvalue weighted by Crippen LogP contribution is 2.75. The van der Waals surface area contributed by atoms with E-state index in [4.69, 9.17) is 0 Å². The molecular formula is C17H24F3I. The van der Waals surface area contributed by atoms with Crippen LogP contribution in [-0.2, 0) is 0 Å². The molecule has 0 spiro atoms. The summed E-state index contributed by atoms with van der Waals surface area (Å²) in [7, 11) is 0. The van der Waals surface area contributed by atoms with Gasteiger partial charge in [0, 0.05) is 5.41 Å². The summed E-state index contributed by atoms with van der Waals surface area (Å²) in [6, 6.07) is 0. The first kappa shape index (κ1) is 15.1. The average Bonchev–Trinajstić information content (AvgIpc) is 2.47. The normalized spacial score (nSPS) is 58.4. The molecule has 0 N–H and O–H groups in total. The van der Waals surface area contributed by atoms with E-state index >= 15 is 8.78 Å². The molecule has 4 bridgehead atoms. The van der Waals surface area contributed by atoms with E-state index in [2.05, 4.69) is 6.92 Å². The van der Waals surface area contributed by atoms with Crippen molar-refractivity contribution in [2.75, 3.05) is 0 Å². The minimum Gasteiger partial charge on any atom is -0.239 e. The molecule has 0 radical (unpaired) electrons. The van der Waals surface area contributed by atoms with Crippen LogP contribution in [0.1, 0.15) is 71.1 Å². The maximum atomic E-state index is 15.1. The number of alkyl halides is 4. The van der Waals surface area contributed by atoms with Crippen LogP contribution in [0.25, 0.3) is 0 Å². The van der Waals surface area contributed by atoms with Crippen LogP contribution in [0.5, 0.6) is 0 Å². The van der Waals surface area contributed by atoms with Crippen LogP contribution in [0.15, 0.2) is 0 Å². The van der Waals surface area contributed by atoms with Crippen LogP contribution in [0.2, 0.25) is 0 Å². The molecule has 6 rings (SSSR count). The van der Waals surface area contributed by atoms with E-state index in [-0.39, 0.29) is 5.41 Å². The molecule has 6 fully saturated rings.